The Kier molecular flexibility index (Phi) is 3.12. The van der Waals surface area contributed by atoms with Crippen LogP contribution < -0.4 is 10.6 Å². The molecular weight excluding hydrogens is 250 g/mol. The second kappa shape index (κ2) is 4.91. The molecule has 0 saturated carbocycles. The summed E-state index contributed by atoms with van der Waals surface area (Å²) in [7, 11) is 0. The summed E-state index contributed by atoms with van der Waals surface area (Å²) in [4.78, 5) is 16.2. The lowest BCUT2D eigenvalue weighted by molar-refractivity contribution is 0.0938. The Morgan fingerprint density at radius 3 is 3.17 bits per heavy atom. The summed E-state index contributed by atoms with van der Waals surface area (Å²) in [5.41, 5.74) is 1.38. The fourth-order valence-electron chi connectivity index (χ4n) is 1.72. The molecule has 1 aliphatic rings. The normalized spacial score (nSPS) is 15.3. The highest BCUT2D eigenvalue weighted by atomic mass is 32.1. The molecule has 3 heterocycles. The molecule has 0 bridgehead atoms. The Hall–Kier alpha value is -1.66. The van der Waals surface area contributed by atoms with Crippen LogP contribution in [0.25, 0.3) is 10.6 Å². The number of carbonyl (C=O) groups excluding carboxylic acids is 1. The molecule has 0 atom stereocenters. The molecular formula is C12H13N3O2S. The fraction of sp³-hybridized carbons (Fsp3) is 0.333. The Bertz CT molecular complexity index is 531. The summed E-state index contributed by atoms with van der Waals surface area (Å²) in [6.45, 7) is 2.68. The van der Waals surface area contributed by atoms with E-state index in [1.54, 1.807) is 17.9 Å². The molecule has 1 amide bonds. The van der Waals surface area contributed by atoms with E-state index in [4.69, 9.17) is 4.42 Å². The Balaban J connectivity index is 1.63. The standard InChI is InChI=1S/C12H13N3O2S/c16-11(14-5-8-3-13-4-8)10-7-18-12(15-10)9-1-2-17-6-9/h1-2,6-8,13H,3-5H2,(H,14,16). The van der Waals surface area contributed by atoms with Crippen LogP contribution >= 0.6 is 11.3 Å². The third-order valence-corrected chi connectivity index (χ3v) is 3.81. The summed E-state index contributed by atoms with van der Waals surface area (Å²) < 4.78 is 5.00. The number of aromatic nitrogens is 1. The van der Waals surface area contributed by atoms with Gasteiger partial charge in [0, 0.05) is 36.5 Å². The van der Waals surface area contributed by atoms with Crippen LogP contribution in [0.2, 0.25) is 0 Å². The van der Waals surface area contributed by atoms with Gasteiger partial charge >= 0.3 is 0 Å². The van der Waals surface area contributed by atoms with Crippen LogP contribution in [0.4, 0.5) is 0 Å². The molecule has 1 aliphatic heterocycles. The summed E-state index contributed by atoms with van der Waals surface area (Å²) in [5, 5.41) is 8.65. The lowest BCUT2D eigenvalue weighted by Crippen LogP contribution is -2.48. The Morgan fingerprint density at radius 2 is 2.50 bits per heavy atom. The van der Waals surface area contributed by atoms with Crippen molar-refractivity contribution in [3.63, 3.8) is 0 Å². The largest absolute Gasteiger partial charge is 0.472 e. The zero-order valence-electron chi connectivity index (χ0n) is 9.68. The summed E-state index contributed by atoms with van der Waals surface area (Å²) in [5.74, 6) is 0.453. The first-order chi connectivity index (χ1) is 8.83. The van der Waals surface area contributed by atoms with Crippen LogP contribution in [-0.2, 0) is 0 Å². The Morgan fingerprint density at radius 1 is 1.61 bits per heavy atom. The molecule has 1 saturated heterocycles. The van der Waals surface area contributed by atoms with Gasteiger partial charge in [-0.3, -0.25) is 4.79 Å². The molecule has 5 nitrogen and oxygen atoms in total. The van der Waals surface area contributed by atoms with Gasteiger partial charge in [0.25, 0.3) is 5.91 Å². The highest BCUT2D eigenvalue weighted by molar-refractivity contribution is 7.13. The van der Waals surface area contributed by atoms with E-state index in [2.05, 4.69) is 15.6 Å². The number of hydrogen-bond acceptors (Lipinski definition) is 5. The summed E-state index contributed by atoms with van der Waals surface area (Å²) in [6, 6.07) is 1.83. The van der Waals surface area contributed by atoms with E-state index in [0.29, 0.717) is 18.2 Å². The molecule has 2 aromatic rings. The van der Waals surface area contributed by atoms with Crippen molar-refractivity contribution in [2.75, 3.05) is 19.6 Å². The van der Waals surface area contributed by atoms with Crippen molar-refractivity contribution in [2.24, 2.45) is 5.92 Å². The maximum Gasteiger partial charge on any atom is 0.270 e. The van der Waals surface area contributed by atoms with Crippen molar-refractivity contribution in [2.45, 2.75) is 0 Å². The van der Waals surface area contributed by atoms with Gasteiger partial charge in [-0.1, -0.05) is 0 Å². The van der Waals surface area contributed by atoms with Crippen LogP contribution in [-0.4, -0.2) is 30.5 Å². The zero-order chi connectivity index (χ0) is 12.4. The van der Waals surface area contributed by atoms with Crippen LogP contribution in [0, 0.1) is 5.92 Å². The molecule has 6 heteroatoms. The monoisotopic (exact) mass is 263 g/mol. The SMILES string of the molecule is O=C(NCC1CNC1)c1csc(-c2ccoc2)n1. The molecule has 1 fully saturated rings. The predicted octanol–water partition coefficient (Wildman–Crippen LogP) is 1.35. The average Bonchev–Trinajstić information content (AvgIpc) is 2.97. The van der Waals surface area contributed by atoms with Gasteiger partial charge in [-0.2, -0.15) is 0 Å². The van der Waals surface area contributed by atoms with E-state index in [1.807, 2.05) is 6.07 Å². The minimum absolute atomic E-state index is 0.104. The fourth-order valence-corrected chi connectivity index (χ4v) is 2.50. The van der Waals surface area contributed by atoms with Gasteiger partial charge in [-0.25, -0.2) is 4.98 Å². The molecule has 0 aliphatic carbocycles. The average molecular weight is 263 g/mol. The van der Waals surface area contributed by atoms with E-state index in [-0.39, 0.29) is 5.91 Å². The number of amides is 1. The van der Waals surface area contributed by atoms with Crippen LogP contribution in [0.1, 0.15) is 10.5 Å². The van der Waals surface area contributed by atoms with Gasteiger partial charge in [0.15, 0.2) is 0 Å². The molecule has 3 rings (SSSR count). The van der Waals surface area contributed by atoms with Crippen molar-refractivity contribution in [3.05, 3.63) is 29.7 Å². The van der Waals surface area contributed by atoms with Gasteiger partial charge in [-0.05, 0) is 6.07 Å². The lowest BCUT2D eigenvalue weighted by Gasteiger charge is -2.26. The van der Waals surface area contributed by atoms with Crippen molar-refractivity contribution < 1.29 is 9.21 Å². The molecule has 0 spiro atoms. The van der Waals surface area contributed by atoms with Gasteiger partial charge in [-0.15, -0.1) is 11.3 Å². The lowest BCUT2D eigenvalue weighted by atomic mass is 10.0. The van der Waals surface area contributed by atoms with E-state index >= 15 is 0 Å². The van der Waals surface area contributed by atoms with Gasteiger partial charge in [0.05, 0.1) is 6.26 Å². The van der Waals surface area contributed by atoms with E-state index < -0.39 is 0 Å². The van der Waals surface area contributed by atoms with Crippen LogP contribution in [0.15, 0.2) is 28.4 Å². The number of nitrogens with one attached hydrogen (secondary N) is 2. The Labute approximate surface area is 108 Å². The molecule has 0 aromatic carbocycles. The number of thiazole rings is 1. The maximum absolute atomic E-state index is 11.9. The van der Waals surface area contributed by atoms with Gasteiger partial charge < -0.3 is 15.1 Å². The number of furan rings is 1. The molecule has 94 valence electrons. The molecule has 2 aromatic heterocycles. The van der Waals surface area contributed by atoms with Crippen molar-refractivity contribution in [1.29, 1.82) is 0 Å². The zero-order valence-corrected chi connectivity index (χ0v) is 10.5. The van der Waals surface area contributed by atoms with Crippen molar-refractivity contribution in [3.8, 4) is 10.6 Å². The quantitative estimate of drug-likeness (QED) is 0.874. The smallest absolute Gasteiger partial charge is 0.270 e. The van der Waals surface area contributed by atoms with Crippen LogP contribution in [0.3, 0.4) is 0 Å². The first-order valence-electron chi connectivity index (χ1n) is 5.80. The highest BCUT2D eigenvalue weighted by Gasteiger charge is 2.18. The topological polar surface area (TPSA) is 67.2 Å². The predicted molar refractivity (Wildman–Crippen MR) is 68.5 cm³/mol. The number of rotatable bonds is 4. The molecule has 18 heavy (non-hydrogen) atoms. The van der Waals surface area contributed by atoms with E-state index in [1.165, 1.54) is 11.3 Å². The first kappa shape index (κ1) is 11.4. The van der Waals surface area contributed by atoms with E-state index in [9.17, 15) is 4.79 Å². The minimum Gasteiger partial charge on any atom is -0.472 e. The second-order valence-electron chi connectivity index (χ2n) is 4.28. The summed E-state index contributed by atoms with van der Waals surface area (Å²) in [6.07, 6.45) is 3.22. The molecule has 2 N–H and O–H groups in total. The third-order valence-electron chi connectivity index (χ3n) is 2.92. The highest BCUT2D eigenvalue weighted by Crippen LogP contribution is 2.23. The third kappa shape index (κ3) is 2.30. The molecule has 0 unspecified atom stereocenters. The second-order valence-corrected chi connectivity index (χ2v) is 5.14. The number of hydrogen-bond donors (Lipinski definition) is 2. The molecule has 0 radical (unpaired) electrons. The minimum atomic E-state index is -0.104. The van der Waals surface area contributed by atoms with Gasteiger partial charge in [0.1, 0.15) is 17.0 Å². The van der Waals surface area contributed by atoms with Crippen molar-refractivity contribution in [1.82, 2.24) is 15.6 Å². The number of carbonyl (C=O) groups is 1. The van der Waals surface area contributed by atoms with Crippen LogP contribution in [0.5, 0.6) is 0 Å². The van der Waals surface area contributed by atoms with Crippen molar-refractivity contribution >= 4 is 17.2 Å². The van der Waals surface area contributed by atoms with Gasteiger partial charge in [0.2, 0.25) is 0 Å². The maximum atomic E-state index is 11.9. The first-order valence-corrected chi connectivity index (χ1v) is 6.68. The number of nitrogens with zero attached hydrogens (tertiary/aromatic N) is 1. The summed E-state index contributed by atoms with van der Waals surface area (Å²) >= 11 is 1.45. The van der Waals surface area contributed by atoms with E-state index in [0.717, 1.165) is 23.7 Å².